The Morgan fingerprint density at radius 1 is 1.32 bits per heavy atom. The molecular weight excluding hydrogens is 265 g/mol. The van der Waals surface area contributed by atoms with Gasteiger partial charge in [-0.15, -0.1) is 13.2 Å². The number of nitrogens with one attached hydrogen (secondary N) is 2. The van der Waals surface area contributed by atoms with Crippen molar-refractivity contribution in [1.82, 2.24) is 15.2 Å². The number of hydrogen-bond acceptors (Lipinski definition) is 4. The summed E-state index contributed by atoms with van der Waals surface area (Å²) in [6, 6.07) is 5.17. The fourth-order valence-corrected chi connectivity index (χ4v) is 1.28. The topological polar surface area (TPSA) is 79.9 Å². The lowest BCUT2D eigenvalue weighted by molar-refractivity contribution is -0.274. The second-order valence-corrected chi connectivity index (χ2v) is 3.33. The molecule has 1 aromatic carbocycles. The van der Waals surface area contributed by atoms with Crippen LogP contribution in [0.3, 0.4) is 0 Å². The summed E-state index contributed by atoms with van der Waals surface area (Å²) < 4.78 is 40.3. The van der Waals surface area contributed by atoms with Crippen LogP contribution < -0.4 is 10.1 Å². The molecule has 0 bridgehead atoms. The number of alkyl halides is 3. The molecule has 2 aromatic rings. The minimum absolute atomic E-state index is 0.123. The Morgan fingerprint density at radius 3 is 2.68 bits per heavy atom. The van der Waals surface area contributed by atoms with E-state index in [0.717, 1.165) is 12.4 Å². The molecule has 1 amide bonds. The van der Waals surface area contributed by atoms with E-state index in [4.69, 9.17) is 0 Å². The van der Waals surface area contributed by atoms with E-state index in [1.807, 2.05) is 0 Å². The van der Waals surface area contributed by atoms with E-state index in [0.29, 0.717) is 0 Å². The predicted octanol–water partition coefficient (Wildman–Crippen LogP) is 1.96. The quantitative estimate of drug-likeness (QED) is 0.895. The average molecular weight is 272 g/mol. The van der Waals surface area contributed by atoms with Crippen molar-refractivity contribution in [3.8, 4) is 5.75 Å². The first-order valence-corrected chi connectivity index (χ1v) is 4.97. The maximum absolute atomic E-state index is 12.2. The standard InChI is InChI=1S/C10H7F3N4O2/c11-10(12,13)19-7-4-2-1-3-6(7)16-9(18)8-14-5-15-17-8/h1-5H,(H,16,18)(H,14,15,17). The summed E-state index contributed by atoms with van der Waals surface area (Å²) in [7, 11) is 0. The summed E-state index contributed by atoms with van der Waals surface area (Å²) in [5, 5.41) is 7.99. The highest BCUT2D eigenvalue weighted by Gasteiger charge is 2.32. The van der Waals surface area contributed by atoms with Gasteiger partial charge in [-0.2, -0.15) is 5.10 Å². The normalized spacial score (nSPS) is 11.1. The molecule has 0 saturated carbocycles. The molecule has 6 nitrogen and oxygen atoms in total. The molecule has 0 spiro atoms. The van der Waals surface area contributed by atoms with Gasteiger partial charge in [0.1, 0.15) is 6.33 Å². The van der Waals surface area contributed by atoms with Crippen LogP contribution >= 0.6 is 0 Å². The number of nitrogens with zero attached hydrogens (tertiary/aromatic N) is 2. The van der Waals surface area contributed by atoms with Crippen molar-refractivity contribution in [3.63, 3.8) is 0 Å². The number of hydrogen-bond donors (Lipinski definition) is 2. The van der Waals surface area contributed by atoms with Gasteiger partial charge >= 0.3 is 6.36 Å². The van der Waals surface area contributed by atoms with Gasteiger partial charge in [-0.05, 0) is 12.1 Å². The van der Waals surface area contributed by atoms with Crippen LogP contribution in [0, 0.1) is 0 Å². The molecule has 0 radical (unpaired) electrons. The van der Waals surface area contributed by atoms with Crippen LogP contribution in [0.5, 0.6) is 5.75 Å². The fourth-order valence-electron chi connectivity index (χ4n) is 1.28. The molecule has 0 unspecified atom stereocenters. The minimum atomic E-state index is -4.84. The van der Waals surface area contributed by atoms with Gasteiger partial charge in [0.2, 0.25) is 5.82 Å². The number of amides is 1. The van der Waals surface area contributed by atoms with E-state index in [1.165, 1.54) is 18.2 Å². The van der Waals surface area contributed by atoms with Gasteiger partial charge < -0.3 is 10.1 Å². The highest BCUT2D eigenvalue weighted by atomic mass is 19.4. The van der Waals surface area contributed by atoms with Crippen molar-refractivity contribution in [2.45, 2.75) is 6.36 Å². The molecule has 9 heteroatoms. The number of rotatable bonds is 3. The first kappa shape index (κ1) is 12.9. The average Bonchev–Trinajstić information content (AvgIpc) is 2.83. The number of aromatic amines is 1. The van der Waals surface area contributed by atoms with Crippen LogP contribution in [-0.4, -0.2) is 27.5 Å². The zero-order valence-electron chi connectivity index (χ0n) is 9.23. The number of carbonyl (C=O) groups is 1. The van der Waals surface area contributed by atoms with Crippen molar-refractivity contribution < 1.29 is 22.7 Å². The highest BCUT2D eigenvalue weighted by molar-refractivity contribution is 6.02. The summed E-state index contributed by atoms with van der Waals surface area (Å²) in [6.45, 7) is 0. The first-order chi connectivity index (χ1) is 8.96. The Morgan fingerprint density at radius 2 is 2.05 bits per heavy atom. The van der Waals surface area contributed by atoms with Crippen molar-refractivity contribution >= 4 is 11.6 Å². The zero-order valence-corrected chi connectivity index (χ0v) is 9.23. The summed E-state index contributed by atoms with van der Waals surface area (Å²) in [5.74, 6) is -1.36. The largest absolute Gasteiger partial charge is 0.573 e. The number of aromatic nitrogens is 3. The summed E-state index contributed by atoms with van der Waals surface area (Å²) in [4.78, 5) is 15.2. The lowest BCUT2D eigenvalue weighted by Gasteiger charge is -2.13. The van der Waals surface area contributed by atoms with Gasteiger partial charge in [-0.25, -0.2) is 4.98 Å². The molecule has 0 aliphatic carbocycles. The molecule has 2 rings (SSSR count). The van der Waals surface area contributed by atoms with Crippen LogP contribution in [0.2, 0.25) is 0 Å². The highest BCUT2D eigenvalue weighted by Crippen LogP contribution is 2.29. The van der Waals surface area contributed by atoms with Gasteiger partial charge in [0, 0.05) is 0 Å². The fraction of sp³-hybridized carbons (Fsp3) is 0.100. The minimum Gasteiger partial charge on any atom is -0.404 e. The third-order valence-corrected chi connectivity index (χ3v) is 1.99. The second-order valence-electron chi connectivity index (χ2n) is 3.33. The molecule has 0 aliphatic heterocycles. The number of carbonyl (C=O) groups excluding carboxylic acids is 1. The van der Waals surface area contributed by atoms with Gasteiger partial charge in [-0.1, -0.05) is 12.1 Å². The monoisotopic (exact) mass is 272 g/mol. The van der Waals surface area contributed by atoms with E-state index < -0.39 is 18.0 Å². The number of ether oxygens (including phenoxy) is 1. The SMILES string of the molecule is O=C(Nc1ccccc1OC(F)(F)F)c1ncn[nH]1. The van der Waals surface area contributed by atoms with Crippen LogP contribution in [0.1, 0.15) is 10.6 Å². The molecule has 19 heavy (non-hydrogen) atoms. The predicted molar refractivity (Wildman–Crippen MR) is 57.5 cm³/mol. The van der Waals surface area contributed by atoms with E-state index in [-0.39, 0.29) is 11.5 Å². The van der Waals surface area contributed by atoms with E-state index in [2.05, 4.69) is 25.2 Å². The van der Waals surface area contributed by atoms with Crippen LogP contribution in [0.4, 0.5) is 18.9 Å². The molecule has 0 atom stereocenters. The van der Waals surface area contributed by atoms with Crippen molar-refractivity contribution in [1.29, 1.82) is 0 Å². The Hall–Kier alpha value is -2.58. The molecule has 0 aliphatic rings. The van der Waals surface area contributed by atoms with E-state index in [1.54, 1.807) is 0 Å². The molecule has 100 valence electrons. The first-order valence-electron chi connectivity index (χ1n) is 4.97. The van der Waals surface area contributed by atoms with Crippen molar-refractivity contribution in [3.05, 3.63) is 36.4 Å². The molecule has 0 fully saturated rings. The van der Waals surface area contributed by atoms with Crippen LogP contribution in [0.25, 0.3) is 0 Å². The van der Waals surface area contributed by atoms with Crippen molar-refractivity contribution in [2.75, 3.05) is 5.32 Å². The molecule has 2 N–H and O–H groups in total. The number of para-hydroxylation sites is 2. The Bertz CT molecular complexity index is 568. The smallest absolute Gasteiger partial charge is 0.404 e. The van der Waals surface area contributed by atoms with Gasteiger partial charge in [0.15, 0.2) is 5.75 Å². The van der Waals surface area contributed by atoms with Crippen LogP contribution in [0.15, 0.2) is 30.6 Å². The maximum Gasteiger partial charge on any atom is 0.573 e. The Labute approximate surface area is 104 Å². The van der Waals surface area contributed by atoms with Gasteiger partial charge in [-0.3, -0.25) is 9.89 Å². The maximum atomic E-state index is 12.2. The number of halogens is 3. The molecule has 1 aromatic heterocycles. The number of H-pyrrole nitrogens is 1. The molecular formula is C10H7F3N4O2. The summed E-state index contributed by atoms with van der Waals surface area (Å²) in [5.41, 5.74) is -0.124. The Kier molecular flexibility index (Phi) is 3.36. The van der Waals surface area contributed by atoms with E-state index in [9.17, 15) is 18.0 Å². The number of anilines is 1. The van der Waals surface area contributed by atoms with E-state index >= 15 is 0 Å². The summed E-state index contributed by atoms with van der Waals surface area (Å²) in [6.07, 6.45) is -3.74. The van der Waals surface area contributed by atoms with Gasteiger partial charge in [0.05, 0.1) is 5.69 Å². The van der Waals surface area contributed by atoms with Gasteiger partial charge in [0.25, 0.3) is 5.91 Å². The van der Waals surface area contributed by atoms with Crippen LogP contribution in [-0.2, 0) is 0 Å². The third-order valence-electron chi connectivity index (χ3n) is 1.99. The molecule has 1 heterocycles. The lowest BCUT2D eigenvalue weighted by atomic mass is 10.3. The van der Waals surface area contributed by atoms with Crippen molar-refractivity contribution in [2.24, 2.45) is 0 Å². The zero-order chi connectivity index (χ0) is 13.9. The number of benzene rings is 1. The second kappa shape index (κ2) is 4.96. The summed E-state index contributed by atoms with van der Waals surface area (Å²) >= 11 is 0. The third kappa shape index (κ3) is 3.44. The molecule has 0 saturated heterocycles. The Balaban J connectivity index is 2.18. The lowest BCUT2D eigenvalue weighted by Crippen LogP contribution is -2.20.